The van der Waals surface area contributed by atoms with E-state index in [0.29, 0.717) is 17.2 Å². The van der Waals surface area contributed by atoms with E-state index in [-0.39, 0.29) is 11.3 Å². The summed E-state index contributed by atoms with van der Waals surface area (Å²) in [6.45, 7) is 1.64. The van der Waals surface area contributed by atoms with E-state index < -0.39 is 11.9 Å². The minimum absolute atomic E-state index is 0.0249. The van der Waals surface area contributed by atoms with Gasteiger partial charge in [-0.3, -0.25) is 4.79 Å². The van der Waals surface area contributed by atoms with Crippen molar-refractivity contribution in [3.63, 3.8) is 0 Å². The van der Waals surface area contributed by atoms with Crippen LogP contribution in [-0.4, -0.2) is 27.1 Å². The van der Waals surface area contributed by atoms with Gasteiger partial charge in [0.15, 0.2) is 11.5 Å². The van der Waals surface area contributed by atoms with E-state index in [4.69, 9.17) is 8.94 Å². The van der Waals surface area contributed by atoms with Crippen LogP contribution in [0, 0.1) is 12.9 Å². The lowest BCUT2D eigenvalue weighted by atomic mass is 10.3. The largest absolute Gasteiger partial charge is 0.461 e. The minimum atomic E-state index is -0.593. The van der Waals surface area contributed by atoms with Crippen LogP contribution in [0.2, 0.25) is 0 Å². The first kappa shape index (κ1) is 14.7. The predicted octanol–water partition coefficient (Wildman–Crippen LogP) is 1.88. The molecule has 0 fully saturated rings. The van der Waals surface area contributed by atoms with Gasteiger partial charge in [-0.1, -0.05) is 5.16 Å². The summed E-state index contributed by atoms with van der Waals surface area (Å²) >= 11 is 0. The maximum atomic E-state index is 13.7. The van der Waals surface area contributed by atoms with Crippen LogP contribution in [0.5, 0.6) is 0 Å². The molecule has 3 heterocycles. The standard InChI is InChI=1S/C14H12FN5O3/c1-8-9(13(15)20(2)18-8)7-16-17-14(21)10-6-12(23-19-10)11-4-3-5-22-11/h3-7H,1-2H3,(H,17,21). The zero-order valence-corrected chi connectivity index (χ0v) is 12.3. The Kier molecular flexibility index (Phi) is 3.75. The van der Waals surface area contributed by atoms with Gasteiger partial charge in [-0.15, -0.1) is 0 Å². The third-order valence-corrected chi connectivity index (χ3v) is 3.06. The van der Waals surface area contributed by atoms with Crippen molar-refractivity contribution in [3.05, 3.63) is 47.4 Å². The van der Waals surface area contributed by atoms with Crippen LogP contribution in [0.15, 0.2) is 38.5 Å². The van der Waals surface area contributed by atoms with Gasteiger partial charge >= 0.3 is 0 Å². The number of nitrogens with one attached hydrogen (secondary N) is 1. The third kappa shape index (κ3) is 2.89. The number of amides is 1. The second-order valence-electron chi connectivity index (χ2n) is 4.67. The van der Waals surface area contributed by atoms with Gasteiger partial charge < -0.3 is 8.94 Å². The van der Waals surface area contributed by atoms with Crippen molar-refractivity contribution < 1.29 is 18.1 Å². The first-order valence-electron chi connectivity index (χ1n) is 6.59. The Hall–Kier alpha value is -3.23. The number of hydrogen-bond acceptors (Lipinski definition) is 6. The van der Waals surface area contributed by atoms with Crippen molar-refractivity contribution in [2.75, 3.05) is 0 Å². The summed E-state index contributed by atoms with van der Waals surface area (Å²) in [7, 11) is 1.48. The fourth-order valence-electron chi connectivity index (χ4n) is 1.92. The molecule has 0 aliphatic heterocycles. The zero-order valence-electron chi connectivity index (χ0n) is 12.3. The second kappa shape index (κ2) is 5.87. The van der Waals surface area contributed by atoms with Crippen LogP contribution < -0.4 is 5.43 Å². The van der Waals surface area contributed by atoms with E-state index in [0.717, 1.165) is 4.68 Å². The fourth-order valence-corrected chi connectivity index (χ4v) is 1.92. The Balaban J connectivity index is 1.69. The number of furan rings is 1. The van der Waals surface area contributed by atoms with Gasteiger partial charge in [-0.25, -0.2) is 10.1 Å². The van der Waals surface area contributed by atoms with Gasteiger partial charge in [0.2, 0.25) is 11.7 Å². The molecule has 0 spiro atoms. The molecule has 0 unspecified atom stereocenters. The topological polar surface area (TPSA) is 98.5 Å². The summed E-state index contributed by atoms with van der Waals surface area (Å²) in [4.78, 5) is 11.9. The zero-order chi connectivity index (χ0) is 16.4. The van der Waals surface area contributed by atoms with E-state index in [1.165, 1.54) is 25.6 Å². The number of halogens is 1. The molecule has 8 nitrogen and oxygen atoms in total. The number of carbonyl (C=O) groups is 1. The maximum absolute atomic E-state index is 13.7. The van der Waals surface area contributed by atoms with Crippen molar-refractivity contribution in [2.24, 2.45) is 12.1 Å². The van der Waals surface area contributed by atoms with Gasteiger partial charge in [0.25, 0.3) is 5.91 Å². The highest BCUT2D eigenvalue weighted by atomic mass is 19.1. The predicted molar refractivity (Wildman–Crippen MR) is 77.2 cm³/mol. The van der Waals surface area contributed by atoms with Gasteiger partial charge in [-0.05, 0) is 19.1 Å². The second-order valence-corrected chi connectivity index (χ2v) is 4.67. The first-order valence-corrected chi connectivity index (χ1v) is 6.59. The summed E-state index contributed by atoms with van der Waals surface area (Å²) in [5.74, 6) is -0.363. The van der Waals surface area contributed by atoms with Crippen LogP contribution in [0.25, 0.3) is 11.5 Å². The SMILES string of the molecule is Cc1nn(C)c(F)c1C=NNC(=O)c1cc(-c2ccco2)on1. The average molecular weight is 317 g/mol. The Morgan fingerprint density at radius 3 is 2.96 bits per heavy atom. The van der Waals surface area contributed by atoms with E-state index in [9.17, 15) is 9.18 Å². The van der Waals surface area contributed by atoms with Crippen LogP contribution in [0.4, 0.5) is 4.39 Å². The number of aromatic nitrogens is 3. The number of hydrazone groups is 1. The van der Waals surface area contributed by atoms with Crippen molar-refractivity contribution in [3.8, 4) is 11.5 Å². The molecule has 1 amide bonds. The summed E-state index contributed by atoms with van der Waals surface area (Å²) in [5.41, 5.74) is 2.93. The molecule has 1 N–H and O–H groups in total. The van der Waals surface area contributed by atoms with Crippen molar-refractivity contribution >= 4 is 12.1 Å². The van der Waals surface area contributed by atoms with E-state index in [1.54, 1.807) is 19.1 Å². The molecule has 3 aromatic rings. The highest BCUT2D eigenvalue weighted by Gasteiger charge is 2.15. The van der Waals surface area contributed by atoms with Crippen LogP contribution in [0.3, 0.4) is 0 Å². The lowest BCUT2D eigenvalue weighted by Gasteiger charge is -1.94. The fraction of sp³-hybridized carbons (Fsp3) is 0.143. The average Bonchev–Trinajstić information content (AvgIpc) is 3.23. The molecule has 0 aromatic carbocycles. The summed E-state index contributed by atoms with van der Waals surface area (Å²) in [6.07, 6.45) is 2.66. The highest BCUT2D eigenvalue weighted by molar-refractivity contribution is 5.93. The Labute approximate surface area is 129 Å². The lowest BCUT2D eigenvalue weighted by molar-refractivity contribution is 0.0946. The van der Waals surface area contributed by atoms with Crippen molar-refractivity contribution in [1.82, 2.24) is 20.4 Å². The van der Waals surface area contributed by atoms with Crippen LogP contribution in [-0.2, 0) is 7.05 Å². The normalized spacial score (nSPS) is 11.3. The molecule has 0 aliphatic rings. The van der Waals surface area contributed by atoms with Crippen LogP contribution in [0.1, 0.15) is 21.7 Å². The van der Waals surface area contributed by atoms with Gasteiger partial charge in [-0.2, -0.15) is 14.6 Å². The monoisotopic (exact) mass is 317 g/mol. The van der Waals surface area contributed by atoms with Crippen molar-refractivity contribution in [1.29, 1.82) is 0 Å². The van der Waals surface area contributed by atoms with E-state index in [2.05, 4.69) is 20.8 Å². The quantitative estimate of drug-likeness (QED) is 0.585. The lowest BCUT2D eigenvalue weighted by Crippen LogP contribution is -2.18. The molecule has 23 heavy (non-hydrogen) atoms. The molecular weight excluding hydrogens is 305 g/mol. The minimum Gasteiger partial charge on any atom is -0.461 e. The van der Waals surface area contributed by atoms with Gasteiger partial charge in [0.1, 0.15) is 0 Å². The van der Waals surface area contributed by atoms with Gasteiger partial charge in [0.05, 0.1) is 23.7 Å². The molecule has 0 aliphatic carbocycles. The Bertz CT molecular complexity index is 863. The molecule has 0 saturated carbocycles. The number of rotatable bonds is 4. The molecule has 0 radical (unpaired) electrons. The van der Waals surface area contributed by atoms with Crippen molar-refractivity contribution in [2.45, 2.75) is 6.92 Å². The van der Waals surface area contributed by atoms with Gasteiger partial charge in [0, 0.05) is 13.1 Å². The molecule has 3 rings (SSSR count). The molecule has 3 aromatic heterocycles. The first-order chi connectivity index (χ1) is 11.1. The molecular formula is C14H12FN5O3. The summed E-state index contributed by atoms with van der Waals surface area (Å²) in [6, 6.07) is 4.78. The summed E-state index contributed by atoms with van der Waals surface area (Å²) in [5, 5.41) is 11.2. The molecule has 0 saturated heterocycles. The molecule has 0 bridgehead atoms. The number of hydrogen-bond donors (Lipinski definition) is 1. The third-order valence-electron chi connectivity index (χ3n) is 3.06. The molecule has 9 heteroatoms. The number of nitrogens with zero attached hydrogens (tertiary/aromatic N) is 4. The number of aryl methyl sites for hydroxylation is 2. The van der Waals surface area contributed by atoms with Crippen LogP contribution >= 0.6 is 0 Å². The molecule has 0 atom stereocenters. The number of carbonyl (C=O) groups excluding carboxylic acids is 1. The highest BCUT2D eigenvalue weighted by Crippen LogP contribution is 2.20. The maximum Gasteiger partial charge on any atom is 0.293 e. The Morgan fingerprint density at radius 1 is 1.48 bits per heavy atom. The van der Waals surface area contributed by atoms with E-state index in [1.807, 2.05) is 0 Å². The summed E-state index contributed by atoms with van der Waals surface area (Å²) < 4.78 is 24.9. The Morgan fingerprint density at radius 2 is 2.30 bits per heavy atom. The molecule has 118 valence electrons. The smallest absolute Gasteiger partial charge is 0.293 e. The van der Waals surface area contributed by atoms with E-state index >= 15 is 0 Å².